The molecule has 1 spiro atoms. The van der Waals surface area contributed by atoms with Crippen molar-refractivity contribution in [2.24, 2.45) is 5.41 Å². The highest BCUT2D eigenvalue weighted by molar-refractivity contribution is 5.48. The Kier molecular flexibility index (Phi) is 2.82. The van der Waals surface area contributed by atoms with E-state index in [0.717, 1.165) is 24.2 Å². The van der Waals surface area contributed by atoms with Crippen LogP contribution in [0, 0.1) is 23.7 Å². The Morgan fingerprint density at radius 1 is 1.21 bits per heavy atom. The Hall–Kier alpha value is -1.49. The smallest absolute Gasteiger partial charge is 0.123 e. The van der Waals surface area contributed by atoms with Gasteiger partial charge in [0.25, 0.3) is 0 Å². The first kappa shape index (κ1) is 12.5. The van der Waals surface area contributed by atoms with Crippen LogP contribution in [0.15, 0.2) is 18.2 Å². The van der Waals surface area contributed by atoms with Gasteiger partial charge in [-0.05, 0) is 44.1 Å². The van der Waals surface area contributed by atoms with Crippen molar-refractivity contribution >= 4 is 0 Å². The molecule has 0 radical (unpaired) electrons. The maximum absolute atomic E-state index is 9.74. The van der Waals surface area contributed by atoms with E-state index in [9.17, 15) is 5.26 Å². The fraction of sp³-hybridized carbons (Fsp3) is 0.588. The molecule has 19 heavy (non-hydrogen) atoms. The van der Waals surface area contributed by atoms with Crippen molar-refractivity contribution in [2.45, 2.75) is 50.9 Å². The molecule has 0 aromatic heterocycles. The predicted octanol–water partition coefficient (Wildman–Crippen LogP) is 4.12. The second-order valence-corrected chi connectivity index (χ2v) is 6.46. The van der Waals surface area contributed by atoms with Gasteiger partial charge in [0.2, 0.25) is 0 Å². The first-order chi connectivity index (χ1) is 9.13. The lowest BCUT2D eigenvalue weighted by Gasteiger charge is -2.51. The number of benzene rings is 1. The van der Waals surface area contributed by atoms with Crippen molar-refractivity contribution in [1.82, 2.24) is 0 Å². The second kappa shape index (κ2) is 4.27. The minimum atomic E-state index is -0.304. The maximum atomic E-state index is 9.74. The van der Waals surface area contributed by atoms with Gasteiger partial charge in [-0.1, -0.05) is 30.5 Å². The molecule has 0 amide bonds. The normalized spacial score (nSPS) is 22.8. The van der Waals surface area contributed by atoms with E-state index in [1.807, 2.05) is 6.07 Å². The Balaban J connectivity index is 1.96. The van der Waals surface area contributed by atoms with Gasteiger partial charge in [0.05, 0.1) is 18.6 Å². The molecule has 100 valence electrons. The molecule has 2 nitrogen and oxygen atoms in total. The summed E-state index contributed by atoms with van der Waals surface area (Å²) in [7, 11) is 1.70. The summed E-state index contributed by atoms with van der Waals surface area (Å²) in [4.78, 5) is 0. The molecular formula is C17H21NO. The molecule has 1 aromatic carbocycles. The number of ether oxygens (including phenoxy) is 1. The molecule has 0 bridgehead atoms. The summed E-state index contributed by atoms with van der Waals surface area (Å²) < 4.78 is 5.48. The number of rotatable bonds is 2. The van der Waals surface area contributed by atoms with Crippen LogP contribution in [0.5, 0.6) is 5.75 Å². The van der Waals surface area contributed by atoms with E-state index in [1.165, 1.54) is 31.2 Å². The van der Waals surface area contributed by atoms with Crippen molar-refractivity contribution in [3.63, 3.8) is 0 Å². The molecule has 2 fully saturated rings. The van der Waals surface area contributed by atoms with Crippen LogP contribution in [0.1, 0.15) is 49.7 Å². The highest BCUT2D eigenvalue weighted by Crippen LogP contribution is 2.63. The van der Waals surface area contributed by atoms with Crippen LogP contribution in [-0.4, -0.2) is 7.11 Å². The number of hydrogen-bond donors (Lipinski definition) is 0. The highest BCUT2D eigenvalue weighted by Gasteiger charge is 2.57. The SMILES string of the molecule is COc1ccc(C)cc1C1(C#N)CC2(CCCC2)C1. The minimum absolute atomic E-state index is 0.304. The van der Waals surface area contributed by atoms with E-state index in [0.29, 0.717) is 5.41 Å². The zero-order valence-corrected chi connectivity index (χ0v) is 11.8. The molecule has 3 rings (SSSR count). The van der Waals surface area contributed by atoms with Crippen LogP contribution in [-0.2, 0) is 5.41 Å². The molecule has 2 saturated carbocycles. The summed E-state index contributed by atoms with van der Waals surface area (Å²) >= 11 is 0. The zero-order chi connectivity index (χ0) is 13.5. The van der Waals surface area contributed by atoms with Gasteiger partial charge in [0.1, 0.15) is 5.75 Å². The monoisotopic (exact) mass is 255 g/mol. The van der Waals surface area contributed by atoms with Crippen LogP contribution in [0.3, 0.4) is 0 Å². The summed E-state index contributed by atoms with van der Waals surface area (Å²) in [6, 6.07) is 8.80. The van der Waals surface area contributed by atoms with Crippen LogP contribution >= 0.6 is 0 Å². The first-order valence-electron chi connectivity index (χ1n) is 7.20. The van der Waals surface area contributed by atoms with Crippen molar-refractivity contribution in [3.05, 3.63) is 29.3 Å². The summed E-state index contributed by atoms with van der Waals surface area (Å²) in [5.41, 5.74) is 2.47. The average molecular weight is 255 g/mol. The lowest BCUT2D eigenvalue weighted by molar-refractivity contribution is 0.0631. The van der Waals surface area contributed by atoms with Gasteiger partial charge >= 0.3 is 0 Å². The molecule has 2 aliphatic carbocycles. The lowest BCUT2D eigenvalue weighted by atomic mass is 9.50. The van der Waals surface area contributed by atoms with Gasteiger partial charge in [-0.3, -0.25) is 0 Å². The molecule has 2 heteroatoms. The summed E-state index contributed by atoms with van der Waals surface area (Å²) in [6.45, 7) is 2.08. The number of methoxy groups -OCH3 is 1. The summed E-state index contributed by atoms with van der Waals surface area (Å²) in [6.07, 6.45) is 7.35. The quantitative estimate of drug-likeness (QED) is 0.796. The van der Waals surface area contributed by atoms with Crippen LogP contribution in [0.25, 0.3) is 0 Å². The number of nitrogens with zero attached hydrogens (tertiary/aromatic N) is 1. The number of aryl methyl sites for hydroxylation is 1. The summed E-state index contributed by atoms with van der Waals surface area (Å²) in [5.74, 6) is 0.875. The van der Waals surface area contributed by atoms with E-state index >= 15 is 0 Å². The molecular weight excluding hydrogens is 234 g/mol. The lowest BCUT2D eigenvalue weighted by Crippen LogP contribution is -2.47. The molecule has 2 aliphatic rings. The van der Waals surface area contributed by atoms with Gasteiger partial charge in [-0.15, -0.1) is 0 Å². The third kappa shape index (κ3) is 1.84. The van der Waals surface area contributed by atoms with Gasteiger partial charge in [-0.2, -0.15) is 5.26 Å². The van der Waals surface area contributed by atoms with E-state index in [4.69, 9.17) is 4.74 Å². The van der Waals surface area contributed by atoms with Crippen molar-refractivity contribution in [1.29, 1.82) is 5.26 Å². The molecule has 0 aliphatic heterocycles. The van der Waals surface area contributed by atoms with Crippen molar-refractivity contribution in [2.75, 3.05) is 7.11 Å². The van der Waals surface area contributed by atoms with Crippen LogP contribution in [0.2, 0.25) is 0 Å². The summed E-state index contributed by atoms with van der Waals surface area (Å²) in [5, 5.41) is 9.74. The van der Waals surface area contributed by atoms with Gasteiger partial charge in [0.15, 0.2) is 0 Å². The standard InChI is InChI=1S/C17H21NO/c1-13-5-6-15(19-2)14(9-13)17(12-18)10-16(11-17)7-3-4-8-16/h5-6,9H,3-4,7-8,10-11H2,1-2H3. The van der Waals surface area contributed by atoms with E-state index in [2.05, 4.69) is 25.1 Å². The minimum Gasteiger partial charge on any atom is -0.496 e. The van der Waals surface area contributed by atoms with Crippen LogP contribution in [0.4, 0.5) is 0 Å². The first-order valence-corrected chi connectivity index (χ1v) is 7.20. The maximum Gasteiger partial charge on any atom is 0.123 e. The zero-order valence-electron chi connectivity index (χ0n) is 11.8. The molecule has 0 heterocycles. The van der Waals surface area contributed by atoms with Gasteiger partial charge in [-0.25, -0.2) is 0 Å². The van der Waals surface area contributed by atoms with Gasteiger partial charge in [0, 0.05) is 5.56 Å². The molecule has 0 unspecified atom stereocenters. The Morgan fingerprint density at radius 2 is 1.89 bits per heavy atom. The third-order valence-corrected chi connectivity index (χ3v) is 5.10. The fourth-order valence-electron chi connectivity index (χ4n) is 4.23. The fourth-order valence-corrected chi connectivity index (χ4v) is 4.23. The van der Waals surface area contributed by atoms with E-state index in [1.54, 1.807) is 7.11 Å². The van der Waals surface area contributed by atoms with Gasteiger partial charge < -0.3 is 4.74 Å². The number of hydrogen-bond acceptors (Lipinski definition) is 2. The average Bonchev–Trinajstić information content (AvgIpc) is 2.85. The molecule has 0 atom stereocenters. The Bertz CT molecular complexity index is 527. The topological polar surface area (TPSA) is 33.0 Å². The Morgan fingerprint density at radius 3 is 2.47 bits per heavy atom. The molecule has 0 N–H and O–H groups in total. The number of nitriles is 1. The predicted molar refractivity (Wildman–Crippen MR) is 75.2 cm³/mol. The van der Waals surface area contributed by atoms with Crippen molar-refractivity contribution in [3.8, 4) is 11.8 Å². The van der Waals surface area contributed by atoms with Crippen molar-refractivity contribution < 1.29 is 4.74 Å². The highest BCUT2D eigenvalue weighted by atomic mass is 16.5. The molecule has 0 saturated heterocycles. The second-order valence-electron chi connectivity index (χ2n) is 6.46. The molecule has 1 aromatic rings. The van der Waals surface area contributed by atoms with E-state index < -0.39 is 0 Å². The van der Waals surface area contributed by atoms with E-state index in [-0.39, 0.29) is 5.41 Å². The largest absolute Gasteiger partial charge is 0.496 e. The Labute approximate surface area is 115 Å². The van der Waals surface area contributed by atoms with Crippen LogP contribution < -0.4 is 4.74 Å². The third-order valence-electron chi connectivity index (χ3n) is 5.10.